The Morgan fingerprint density at radius 2 is 1.63 bits per heavy atom. The summed E-state index contributed by atoms with van der Waals surface area (Å²) in [5.74, 6) is 1.91. The van der Waals surface area contributed by atoms with Crippen LogP contribution in [0, 0.1) is 6.92 Å². The minimum Gasteiger partial charge on any atom is -0.468 e. The normalized spacial score (nSPS) is 11.3. The van der Waals surface area contributed by atoms with Crippen LogP contribution in [0.5, 0.6) is 0 Å². The third-order valence-corrected chi connectivity index (χ3v) is 4.48. The van der Waals surface area contributed by atoms with Crippen molar-refractivity contribution in [1.82, 2.24) is 4.90 Å². The smallest absolute Gasteiger partial charge is 0.238 e. The highest BCUT2D eigenvalue weighted by Gasteiger charge is 2.17. The second-order valence-electron chi connectivity index (χ2n) is 7.05. The summed E-state index contributed by atoms with van der Waals surface area (Å²) >= 11 is 0. The van der Waals surface area contributed by atoms with Crippen LogP contribution >= 0.6 is 0 Å². The van der Waals surface area contributed by atoms with E-state index in [4.69, 9.17) is 8.83 Å². The largest absolute Gasteiger partial charge is 0.468 e. The molecule has 3 aromatic rings. The molecule has 2 heterocycles. The zero-order chi connectivity index (χ0) is 19.2. The number of aryl methyl sites for hydroxylation is 1. The van der Waals surface area contributed by atoms with Gasteiger partial charge in [0.25, 0.3) is 0 Å². The summed E-state index contributed by atoms with van der Waals surface area (Å²) in [5.41, 5.74) is 3.12. The molecule has 0 atom stereocenters. The van der Waals surface area contributed by atoms with Crippen molar-refractivity contribution in [1.29, 1.82) is 0 Å². The van der Waals surface area contributed by atoms with Crippen LogP contribution < -0.4 is 5.32 Å². The minimum atomic E-state index is -0.0516. The van der Waals surface area contributed by atoms with Crippen molar-refractivity contribution in [2.45, 2.75) is 39.8 Å². The molecule has 142 valence electrons. The van der Waals surface area contributed by atoms with Crippen LogP contribution in [-0.4, -0.2) is 17.4 Å². The fourth-order valence-electron chi connectivity index (χ4n) is 3.14. The highest BCUT2D eigenvalue weighted by molar-refractivity contribution is 5.93. The Labute approximate surface area is 160 Å². The van der Waals surface area contributed by atoms with E-state index >= 15 is 0 Å². The third-order valence-electron chi connectivity index (χ3n) is 4.48. The zero-order valence-electron chi connectivity index (χ0n) is 16.1. The Hall–Kier alpha value is -2.79. The maximum atomic E-state index is 12.8. The Kier molecular flexibility index (Phi) is 6.14. The van der Waals surface area contributed by atoms with Gasteiger partial charge in [-0.1, -0.05) is 32.0 Å². The first-order valence-electron chi connectivity index (χ1n) is 9.19. The van der Waals surface area contributed by atoms with Gasteiger partial charge in [-0.15, -0.1) is 0 Å². The molecule has 0 fully saturated rings. The Morgan fingerprint density at radius 3 is 2.15 bits per heavy atom. The number of nitrogens with one attached hydrogen (secondary N) is 1. The highest BCUT2D eigenvalue weighted by Crippen LogP contribution is 2.27. The van der Waals surface area contributed by atoms with E-state index in [1.54, 1.807) is 12.5 Å². The molecule has 3 rings (SSSR count). The molecule has 0 saturated carbocycles. The fraction of sp³-hybridized carbons (Fsp3) is 0.318. The lowest BCUT2D eigenvalue weighted by atomic mass is 9.98. The number of carbonyl (C=O) groups excluding carboxylic acids is 1. The predicted molar refractivity (Wildman–Crippen MR) is 105 cm³/mol. The van der Waals surface area contributed by atoms with E-state index < -0.39 is 0 Å². The van der Waals surface area contributed by atoms with E-state index in [1.165, 1.54) is 0 Å². The molecular weight excluding hydrogens is 340 g/mol. The van der Waals surface area contributed by atoms with Gasteiger partial charge in [-0.3, -0.25) is 9.69 Å². The van der Waals surface area contributed by atoms with Crippen LogP contribution in [0.3, 0.4) is 0 Å². The van der Waals surface area contributed by atoms with Gasteiger partial charge in [-0.25, -0.2) is 0 Å². The number of nitrogens with zero attached hydrogens (tertiary/aromatic N) is 1. The van der Waals surface area contributed by atoms with Crippen molar-refractivity contribution in [3.8, 4) is 0 Å². The lowest BCUT2D eigenvalue weighted by Crippen LogP contribution is -2.32. The summed E-state index contributed by atoms with van der Waals surface area (Å²) in [4.78, 5) is 14.8. The van der Waals surface area contributed by atoms with E-state index in [2.05, 4.69) is 25.2 Å². The summed E-state index contributed by atoms with van der Waals surface area (Å²) in [7, 11) is 0. The van der Waals surface area contributed by atoms with Gasteiger partial charge in [0.05, 0.1) is 32.2 Å². The van der Waals surface area contributed by atoms with Gasteiger partial charge < -0.3 is 14.2 Å². The summed E-state index contributed by atoms with van der Waals surface area (Å²) in [5, 5.41) is 3.11. The lowest BCUT2D eigenvalue weighted by molar-refractivity contribution is -0.117. The van der Waals surface area contributed by atoms with E-state index in [1.807, 2.05) is 48.2 Å². The Balaban J connectivity index is 1.72. The topological polar surface area (TPSA) is 58.6 Å². The van der Waals surface area contributed by atoms with Gasteiger partial charge >= 0.3 is 0 Å². The van der Waals surface area contributed by atoms with E-state index in [0.29, 0.717) is 19.0 Å². The first-order valence-corrected chi connectivity index (χ1v) is 9.19. The third kappa shape index (κ3) is 5.11. The Bertz CT molecular complexity index is 816. The number of benzene rings is 1. The van der Waals surface area contributed by atoms with Crippen LogP contribution in [-0.2, 0) is 17.9 Å². The number of furan rings is 2. The fourth-order valence-corrected chi connectivity index (χ4v) is 3.14. The van der Waals surface area contributed by atoms with Crippen molar-refractivity contribution < 1.29 is 13.6 Å². The second-order valence-corrected chi connectivity index (χ2v) is 7.05. The van der Waals surface area contributed by atoms with Crippen LogP contribution in [0.4, 0.5) is 5.69 Å². The first kappa shape index (κ1) is 19.0. The monoisotopic (exact) mass is 366 g/mol. The summed E-state index contributed by atoms with van der Waals surface area (Å²) in [6.07, 6.45) is 3.28. The molecule has 0 aliphatic rings. The van der Waals surface area contributed by atoms with Crippen molar-refractivity contribution in [2.75, 3.05) is 11.9 Å². The SMILES string of the molecule is Cc1cccc(C(C)C)c1NC(=O)CN(Cc1ccco1)Cc1ccco1. The average molecular weight is 366 g/mol. The number of carbonyl (C=O) groups is 1. The summed E-state index contributed by atoms with van der Waals surface area (Å²) in [6, 6.07) is 13.6. The molecule has 0 aliphatic heterocycles. The lowest BCUT2D eigenvalue weighted by Gasteiger charge is -2.21. The molecule has 1 N–H and O–H groups in total. The molecule has 0 bridgehead atoms. The zero-order valence-corrected chi connectivity index (χ0v) is 16.1. The molecule has 0 aliphatic carbocycles. The first-order chi connectivity index (χ1) is 13.0. The van der Waals surface area contributed by atoms with E-state index in [9.17, 15) is 4.79 Å². The second kappa shape index (κ2) is 8.73. The van der Waals surface area contributed by atoms with Crippen LogP contribution in [0.2, 0.25) is 0 Å². The van der Waals surface area contributed by atoms with Crippen molar-refractivity contribution in [2.24, 2.45) is 0 Å². The number of para-hydroxylation sites is 1. The highest BCUT2D eigenvalue weighted by atomic mass is 16.3. The maximum Gasteiger partial charge on any atom is 0.238 e. The number of hydrogen-bond acceptors (Lipinski definition) is 4. The number of hydrogen-bond donors (Lipinski definition) is 1. The number of anilines is 1. The summed E-state index contributed by atoms with van der Waals surface area (Å²) in [6.45, 7) is 7.59. The van der Waals surface area contributed by atoms with Crippen LogP contribution in [0.25, 0.3) is 0 Å². The molecule has 1 aromatic carbocycles. The van der Waals surface area contributed by atoms with Gasteiger partial charge in [0.15, 0.2) is 0 Å². The number of amides is 1. The molecule has 5 heteroatoms. The van der Waals surface area contributed by atoms with Gasteiger partial charge in [-0.05, 0) is 48.2 Å². The molecule has 2 aromatic heterocycles. The van der Waals surface area contributed by atoms with Gasteiger partial charge in [0, 0.05) is 5.69 Å². The summed E-state index contributed by atoms with van der Waals surface area (Å²) < 4.78 is 10.9. The molecule has 0 saturated heterocycles. The minimum absolute atomic E-state index is 0.0516. The van der Waals surface area contributed by atoms with E-state index in [0.717, 1.165) is 28.3 Å². The van der Waals surface area contributed by atoms with Gasteiger partial charge in [0.2, 0.25) is 5.91 Å². The maximum absolute atomic E-state index is 12.8. The van der Waals surface area contributed by atoms with Gasteiger partial charge in [-0.2, -0.15) is 0 Å². The van der Waals surface area contributed by atoms with Gasteiger partial charge in [0.1, 0.15) is 11.5 Å². The van der Waals surface area contributed by atoms with Crippen molar-refractivity contribution >= 4 is 11.6 Å². The molecule has 5 nitrogen and oxygen atoms in total. The predicted octanol–water partition coefficient (Wildman–Crippen LogP) is 4.95. The number of rotatable bonds is 8. The Morgan fingerprint density at radius 1 is 1.00 bits per heavy atom. The van der Waals surface area contributed by atoms with Crippen molar-refractivity contribution in [3.05, 3.63) is 77.6 Å². The average Bonchev–Trinajstić information content (AvgIpc) is 3.30. The molecule has 0 unspecified atom stereocenters. The van der Waals surface area contributed by atoms with Crippen LogP contribution in [0.1, 0.15) is 42.4 Å². The van der Waals surface area contributed by atoms with Crippen molar-refractivity contribution in [3.63, 3.8) is 0 Å². The van der Waals surface area contributed by atoms with Crippen LogP contribution in [0.15, 0.2) is 63.8 Å². The molecule has 0 spiro atoms. The quantitative estimate of drug-likeness (QED) is 0.613. The molecule has 27 heavy (non-hydrogen) atoms. The molecule has 0 radical (unpaired) electrons. The molecular formula is C22H26N2O3. The molecule has 1 amide bonds. The van der Waals surface area contributed by atoms with E-state index in [-0.39, 0.29) is 12.5 Å². The standard InChI is InChI=1S/C22H26N2O3/c1-16(2)20-10-4-7-17(3)22(20)23-21(25)15-24(13-18-8-5-11-26-18)14-19-9-6-12-27-19/h4-12,16H,13-15H2,1-3H3,(H,23,25).